The second kappa shape index (κ2) is 8.68. The zero-order valence-electron chi connectivity index (χ0n) is 17.0. The lowest BCUT2D eigenvalue weighted by atomic mass is 9.54. The number of carbonyl (C=O) groups excluding carboxylic acids is 1. The molecule has 4 aliphatic carbocycles. The molecule has 1 aliphatic heterocycles. The van der Waals surface area contributed by atoms with Crippen LogP contribution in [0.5, 0.6) is 0 Å². The van der Waals surface area contributed by atoms with Gasteiger partial charge in [0.25, 0.3) is 0 Å². The third-order valence-electron chi connectivity index (χ3n) is 7.15. The highest BCUT2D eigenvalue weighted by Gasteiger charge is 2.48. The molecule has 156 valence electrons. The number of para-hydroxylation sites is 1. The molecular weight excluding hydrogens is 382 g/mol. The molecule has 1 aromatic carbocycles. The molecule has 5 fully saturated rings. The fourth-order valence-electron chi connectivity index (χ4n) is 6.08. The Labute approximate surface area is 177 Å². The van der Waals surface area contributed by atoms with Crippen molar-refractivity contribution in [1.82, 2.24) is 10.2 Å². The predicted molar refractivity (Wildman–Crippen MR) is 117 cm³/mol. The smallest absolute Gasteiger partial charge is 0.230 e. The number of carbonyl (C=O) groups is 1. The average molecular weight is 414 g/mol. The molecular formula is C23H31N3O2S. The normalized spacial score (nSPS) is 33.7. The molecule has 0 unspecified atom stereocenters. The van der Waals surface area contributed by atoms with Crippen LogP contribution in [-0.4, -0.2) is 54.1 Å². The van der Waals surface area contributed by atoms with Crippen LogP contribution < -0.4 is 5.32 Å². The quantitative estimate of drug-likeness (QED) is 0.604. The maximum Gasteiger partial charge on any atom is 0.230 e. The number of amidine groups is 1. The van der Waals surface area contributed by atoms with Crippen molar-refractivity contribution in [1.29, 1.82) is 0 Å². The summed E-state index contributed by atoms with van der Waals surface area (Å²) in [6.07, 6.45) is 6.78. The average Bonchev–Trinajstić information content (AvgIpc) is 2.74. The van der Waals surface area contributed by atoms with Crippen LogP contribution in [0.4, 0.5) is 5.69 Å². The summed E-state index contributed by atoms with van der Waals surface area (Å²) in [6.45, 7) is 3.09. The molecule has 0 atom stereocenters. The monoisotopic (exact) mass is 413 g/mol. The minimum Gasteiger partial charge on any atom is -0.378 e. The zero-order chi connectivity index (χ0) is 19.6. The number of ether oxygens (including phenoxy) is 1. The Morgan fingerprint density at radius 2 is 1.69 bits per heavy atom. The van der Waals surface area contributed by atoms with Crippen molar-refractivity contribution in [3.05, 3.63) is 30.3 Å². The van der Waals surface area contributed by atoms with Gasteiger partial charge in [0.15, 0.2) is 5.17 Å². The number of hydrogen-bond donors (Lipinski definition) is 1. The van der Waals surface area contributed by atoms with Crippen molar-refractivity contribution in [2.45, 2.75) is 38.1 Å². The minimum atomic E-state index is 0.168. The molecule has 1 aromatic rings. The first-order valence-electron chi connectivity index (χ1n) is 11.1. The molecule has 4 bridgehead atoms. The van der Waals surface area contributed by atoms with Crippen LogP contribution in [0.1, 0.15) is 32.1 Å². The third-order valence-corrected chi connectivity index (χ3v) is 8.16. The van der Waals surface area contributed by atoms with Gasteiger partial charge in [0, 0.05) is 19.1 Å². The maximum absolute atomic E-state index is 12.8. The molecule has 5 nitrogen and oxygen atoms in total. The summed E-state index contributed by atoms with van der Waals surface area (Å²) in [5.74, 6) is 3.92. The summed E-state index contributed by atoms with van der Waals surface area (Å²) < 4.78 is 5.50. The molecule has 1 heterocycles. The van der Waals surface area contributed by atoms with Crippen molar-refractivity contribution < 1.29 is 9.53 Å². The standard InChI is InChI=1S/C23H31N3O2S/c27-21(25-22-18-11-16-10-17(13-18)14-19(22)12-16)15-29-23(26-6-8-28-9-7-26)24-20-4-2-1-3-5-20/h1-5,16-19,22H,6-15H2,(H,25,27). The third kappa shape index (κ3) is 4.48. The van der Waals surface area contributed by atoms with Gasteiger partial charge < -0.3 is 15.0 Å². The Kier molecular flexibility index (Phi) is 5.82. The van der Waals surface area contributed by atoms with Gasteiger partial charge >= 0.3 is 0 Å². The summed E-state index contributed by atoms with van der Waals surface area (Å²) in [5.41, 5.74) is 0.933. The fourth-order valence-corrected chi connectivity index (χ4v) is 6.96. The molecule has 6 heteroatoms. The van der Waals surface area contributed by atoms with Gasteiger partial charge in [0.1, 0.15) is 0 Å². The number of benzene rings is 1. The van der Waals surface area contributed by atoms with Gasteiger partial charge in [-0.3, -0.25) is 4.79 Å². The number of rotatable bonds is 4. The molecule has 0 spiro atoms. The molecule has 0 aromatic heterocycles. The first-order chi connectivity index (χ1) is 14.2. The van der Waals surface area contributed by atoms with E-state index in [4.69, 9.17) is 9.73 Å². The summed E-state index contributed by atoms with van der Waals surface area (Å²) in [6, 6.07) is 10.4. The van der Waals surface area contributed by atoms with E-state index in [9.17, 15) is 4.79 Å². The van der Waals surface area contributed by atoms with Gasteiger partial charge in [0.05, 0.1) is 24.7 Å². The lowest BCUT2D eigenvalue weighted by Crippen LogP contribution is -2.56. The molecule has 29 heavy (non-hydrogen) atoms. The van der Waals surface area contributed by atoms with E-state index in [1.165, 1.54) is 32.1 Å². The van der Waals surface area contributed by atoms with E-state index in [2.05, 4.69) is 10.2 Å². The number of nitrogens with one attached hydrogen (secondary N) is 1. The summed E-state index contributed by atoms with van der Waals surface area (Å²) >= 11 is 1.57. The number of aliphatic imine (C=N–C) groups is 1. The van der Waals surface area contributed by atoms with Crippen LogP contribution in [0.25, 0.3) is 0 Å². The van der Waals surface area contributed by atoms with Gasteiger partial charge in [-0.1, -0.05) is 30.0 Å². The van der Waals surface area contributed by atoms with Gasteiger partial charge in [-0.15, -0.1) is 0 Å². The van der Waals surface area contributed by atoms with Crippen molar-refractivity contribution in [2.75, 3.05) is 32.1 Å². The molecule has 4 saturated carbocycles. The Bertz CT molecular complexity index is 720. The molecule has 0 radical (unpaired) electrons. The van der Waals surface area contributed by atoms with E-state index in [1.54, 1.807) is 11.8 Å². The van der Waals surface area contributed by atoms with Gasteiger partial charge in [-0.2, -0.15) is 0 Å². The highest BCUT2D eigenvalue weighted by Crippen LogP contribution is 2.53. The van der Waals surface area contributed by atoms with Crippen molar-refractivity contribution >= 4 is 28.5 Å². The van der Waals surface area contributed by atoms with Crippen LogP contribution in [0.15, 0.2) is 35.3 Å². The SMILES string of the molecule is O=C(CSC(=Nc1ccccc1)N1CCOCC1)NC1C2CC3CC(C2)CC1C3. The number of amides is 1. The minimum absolute atomic E-state index is 0.168. The number of hydrogen-bond acceptors (Lipinski definition) is 4. The molecule has 1 amide bonds. The fraction of sp³-hybridized carbons (Fsp3) is 0.652. The van der Waals surface area contributed by atoms with Crippen molar-refractivity contribution in [3.8, 4) is 0 Å². The largest absolute Gasteiger partial charge is 0.378 e. The van der Waals surface area contributed by atoms with E-state index in [0.717, 1.165) is 47.6 Å². The maximum atomic E-state index is 12.8. The van der Waals surface area contributed by atoms with Crippen molar-refractivity contribution in [3.63, 3.8) is 0 Å². The van der Waals surface area contributed by atoms with Crippen LogP contribution in [0.3, 0.4) is 0 Å². The van der Waals surface area contributed by atoms with E-state index < -0.39 is 0 Å². The Morgan fingerprint density at radius 1 is 1.03 bits per heavy atom. The van der Waals surface area contributed by atoms with Gasteiger partial charge in [-0.25, -0.2) is 4.99 Å². The second-order valence-electron chi connectivity index (χ2n) is 9.14. The van der Waals surface area contributed by atoms with Crippen molar-refractivity contribution in [2.24, 2.45) is 28.7 Å². The Morgan fingerprint density at radius 3 is 2.34 bits per heavy atom. The first-order valence-corrected chi connectivity index (χ1v) is 12.1. The van der Waals surface area contributed by atoms with E-state index in [1.807, 2.05) is 30.3 Å². The summed E-state index contributed by atoms with van der Waals surface area (Å²) in [5, 5.41) is 4.36. The highest BCUT2D eigenvalue weighted by molar-refractivity contribution is 8.14. The Hall–Kier alpha value is -1.53. The van der Waals surface area contributed by atoms with Crippen LogP contribution >= 0.6 is 11.8 Å². The van der Waals surface area contributed by atoms with Crippen LogP contribution in [0, 0.1) is 23.7 Å². The Balaban J connectivity index is 1.21. The van der Waals surface area contributed by atoms with E-state index >= 15 is 0 Å². The molecule has 1 saturated heterocycles. The van der Waals surface area contributed by atoms with Gasteiger partial charge in [0.2, 0.25) is 5.91 Å². The summed E-state index contributed by atoms with van der Waals surface area (Å²) in [4.78, 5) is 19.9. The van der Waals surface area contributed by atoms with E-state index in [-0.39, 0.29) is 5.91 Å². The number of thioether (sulfide) groups is 1. The molecule has 5 aliphatic rings. The molecule has 1 N–H and O–H groups in total. The summed E-state index contributed by atoms with van der Waals surface area (Å²) in [7, 11) is 0. The van der Waals surface area contributed by atoms with Crippen LogP contribution in [0.2, 0.25) is 0 Å². The lowest BCUT2D eigenvalue weighted by molar-refractivity contribution is -0.122. The number of nitrogens with zero attached hydrogens (tertiary/aromatic N) is 2. The first kappa shape index (κ1) is 19.4. The van der Waals surface area contributed by atoms with Crippen LogP contribution in [-0.2, 0) is 9.53 Å². The van der Waals surface area contributed by atoms with Gasteiger partial charge in [-0.05, 0) is 67.9 Å². The lowest BCUT2D eigenvalue weighted by Gasteiger charge is -2.54. The zero-order valence-corrected chi connectivity index (χ0v) is 17.8. The molecule has 6 rings (SSSR count). The van der Waals surface area contributed by atoms with E-state index in [0.29, 0.717) is 25.0 Å². The highest BCUT2D eigenvalue weighted by atomic mass is 32.2. The number of morpholine rings is 1. The topological polar surface area (TPSA) is 53.9 Å². The predicted octanol–water partition coefficient (Wildman–Crippen LogP) is 3.68. The second-order valence-corrected chi connectivity index (χ2v) is 10.1.